The number of carbonyl (C=O) groups excluding carboxylic acids is 1. The minimum absolute atomic E-state index is 0.254. The summed E-state index contributed by atoms with van der Waals surface area (Å²) in [6.07, 6.45) is 0. The van der Waals surface area contributed by atoms with E-state index in [4.69, 9.17) is 16.7 Å². The molecule has 1 aromatic rings. The van der Waals surface area contributed by atoms with E-state index in [9.17, 15) is 9.59 Å². The number of nitrogens with zero attached hydrogens (tertiary/aromatic N) is 1. The fourth-order valence-corrected chi connectivity index (χ4v) is 3.40. The van der Waals surface area contributed by atoms with Crippen LogP contribution in [0.5, 0.6) is 0 Å². The number of alkyl halides is 1. The van der Waals surface area contributed by atoms with Gasteiger partial charge in [0.05, 0.1) is 0 Å². The van der Waals surface area contributed by atoms with Crippen molar-refractivity contribution in [1.82, 2.24) is 4.90 Å². The van der Waals surface area contributed by atoms with E-state index < -0.39 is 11.3 Å². The Hall–Kier alpha value is -1.20. The number of aliphatic carboxylic acids is 1. The van der Waals surface area contributed by atoms with Gasteiger partial charge in [0.15, 0.2) is 0 Å². The summed E-state index contributed by atoms with van der Waals surface area (Å²) in [6.45, 7) is -0.283. The standard InChI is InChI=1S/C12H12ClNO3S/c13-10-11(17)14(6-9(15)16)12(10)18-7-8-4-2-1-3-5-8/h1-5,10,12H,6-7H2,(H,15,16)/t10-,12+/m0/s1. The molecule has 6 heteroatoms. The molecule has 1 saturated heterocycles. The minimum atomic E-state index is -1.02. The molecule has 1 fully saturated rings. The van der Waals surface area contributed by atoms with Gasteiger partial charge in [-0.25, -0.2) is 0 Å². The number of carbonyl (C=O) groups is 2. The molecule has 1 amide bonds. The van der Waals surface area contributed by atoms with E-state index in [-0.39, 0.29) is 17.8 Å². The summed E-state index contributed by atoms with van der Waals surface area (Å²) in [5.74, 6) is -0.611. The number of carboxylic acids is 1. The molecule has 18 heavy (non-hydrogen) atoms. The van der Waals surface area contributed by atoms with Crippen LogP contribution in [-0.2, 0) is 15.3 Å². The van der Waals surface area contributed by atoms with Crippen LogP contribution in [0.15, 0.2) is 30.3 Å². The Labute approximate surface area is 114 Å². The third-order valence-corrected chi connectivity index (χ3v) is 4.59. The van der Waals surface area contributed by atoms with Crippen LogP contribution >= 0.6 is 23.4 Å². The smallest absolute Gasteiger partial charge is 0.323 e. The summed E-state index contributed by atoms with van der Waals surface area (Å²) in [7, 11) is 0. The molecule has 0 unspecified atom stereocenters. The number of likely N-dealkylation sites (tertiary alicyclic amines) is 1. The average Bonchev–Trinajstić information content (AvgIpc) is 2.38. The Morgan fingerprint density at radius 2 is 2.06 bits per heavy atom. The van der Waals surface area contributed by atoms with Crippen LogP contribution < -0.4 is 0 Å². The lowest BCUT2D eigenvalue weighted by Crippen LogP contribution is -2.61. The van der Waals surface area contributed by atoms with Gasteiger partial charge in [0, 0.05) is 5.75 Å². The number of benzene rings is 1. The lowest BCUT2D eigenvalue weighted by molar-refractivity contribution is -0.150. The summed E-state index contributed by atoms with van der Waals surface area (Å²) in [5, 5.41) is 7.84. The van der Waals surface area contributed by atoms with E-state index in [0.717, 1.165) is 5.56 Å². The fourth-order valence-electron chi connectivity index (χ4n) is 1.73. The van der Waals surface area contributed by atoms with Crippen LogP contribution in [-0.4, -0.2) is 39.2 Å². The zero-order valence-electron chi connectivity index (χ0n) is 9.45. The highest BCUT2D eigenvalue weighted by atomic mass is 35.5. The highest BCUT2D eigenvalue weighted by Crippen LogP contribution is 2.35. The second-order valence-electron chi connectivity index (χ2n) is 3.95. The Balaban J connectivity index is 1.92. The number of halogens is 1. The number of carboxylic acid groups (broad SMARTS) is 1. The van der Waals surface area contributed by atoms with Crippen molar-refractivity contribution in [3.05, 3.63) is 35.9 Å². The van der Waals surface area contributed by atoms with Gasteiger partial charge in [0.2, 0.25) is 5.91 Å². The van der Waals surface area contributed by atoms with Gasteiger partial charge in [-0.05, 0) is 5.56 Å². The van der Waals surface area contributed by atoms with Crippen LogP contribution in [0.1, 0.15) is 5.56 Å². The van der Waals surface area contributed by atoms with Crippen molar-refractivity contribution in [2.24, 2.45) is 0 Å². The Morgan fingerprint density at radius 1 is 1.39 bits per heavy atom. The van der Waals surface area contributed by atoms with Crippen molar-refractivity contribution in [2.75, 3.05) is 6.54 Å². The predicted octanol–water partition coefficient (Wildman–Crippen LogP) is 1.78. The molecule has 1 N–H and O–H groups in total. The maximum atomic E-state index is 11.4. The third kappa shape index (κ3) is 2.79. The molecule has 1 aromatic carbocycles. The van der Waals surface area contributed by atoms with Crippen molar-refractivity contribution in [3.8, 4) is 0 Å². The Bertz CT molecular complexity index is 454. The van der Waals surface area contributed by atoms with Crippen molar-refractivity contribution >= 4 is 35.2 Å². The van der Waals surface area contributed by atoms with E-state index in [1.807, 2.05) is 30.3 Å². The first-order valence-electron chi connectivity index (χ1n) is 5.41. The fraction of sp³-hybridized carbons (Fsp3) is 0.333. The SMILES string of the molecule is O=C(O)CN1C(=O)[C@H](Cl)[C@H]1SCc1ccccc1. The Kier molecular flexibility index (Phi) is 4.14. The lowest BCUT2D eigenvalue weighted by atomic mass is 10.2. The van der Waals surface area contributed by atoms with Crippen LogP contribution in [0, 0.1) is 0 Å². The second kappa shape index (κ2) is 5.63. The van der Waals surface area contributed by atoms with Gasteiger partial charge < -0.3 is 10.0 Å². The van der Waals surface area contributed by atoms with Crippen molar-refractivity contribution in [3.63, 3.8) is 0 Å². The largest absolute Gasteiger partial charge is 0.480 e. The van der Waals surface area contributed by atoms with Gasteiger partial charge in [0.25, 0.3) is 0 Å². The quantitative estimate of drug-likeness (QED) is 0.662. The van der Waals surface area contributed by atoms with Gasteiger partial charge in [-0.15, -0.1) is 23.4 Å². The van der Waals surface area contributed by atoms with E-state index in [0.29, 0.717) is 5.75 Å². The maximum absolute atomic E-state index is 11.4. The maximum Gasteiger partial charge on any atom is 0.323 e. The van der Waals surface area contributed by atoms with Crippen molar-refractivity contribution in [1.29, 1.82) is 0 Å². The average molecular weight is 286 g/mol. The third-order valence-electron chi connectivity index (χ3n) is 2.65. The first-order chi connectivity index (χ1) is 8.59. The van der Waals surface area contributed by atoms with Crippen LogP contribution in [0.2, 0.25) is 0 Å². The number of thioether (sulfide) groups is 1. The summed E-state index contributed by atoms with van der Waals surface area (Å²) >= 11 is 7.39. The molecule has 4 nitrogen and oxygen atoms in total. The van der Waals surface area contributed by atoms with Gasteiger partial charge >= 0.3 is 5.97 Å². The predicted molar refractivity (Wildman–Crippen MR) is 70.5 cm³/mol. The number of β-lactam (4-membered cyclic amide) rings is 1. The molecule has 0 aliphatic carbocycles. The summed E-state index contributed by atoms with van der Waals surface area (Å²) in [6, 6.07) is 9.78. The molecule has 0 aromatic heterocycles. The molecule has 1 heterocycles. The monoisotopic (exact) mass is 285 g/mol. The number of rotatable bonds is 5. The molecule has 0 spiro atoms. The molecular weight excluding hydrogens is 274 g/mol. The zero-order valence-corrected chi connectivity index (χ0v) is 11.0. The number of hydrogen-bond donors (Lipinski definition) is 1. The van der Waals surface area contributed by atoms with Crippen molar-refractivity contribution < 1.29 is 14.7 Å². The van der Waals surface area contributed by atoms with E-state index in [1.165, 1.54) is 16.7 Å². The lowest BCUT2D eigenvalue weighted by Gasteiger charge is -2.42. The highest BCUT2D eigenvalue weighted by Gasteiger charge is 2.47. The number of hydrogen-bond acceptors (Lipinski definition) is 3. The highest BCUT2D eigenvalue weighted by molar-refractivity contribution is 7.99. The van der Waals surface area contributed by atoms with Crippen molar-refractivity contribution in [2.45, 2.75) is 16.5 Å². The normalized spacial score (nSPS) is 22.7. The molecule has 0 bridgehead atoms. The summed E-state index contributed by atoms with van der Waals surface area (Å²) < 4.78 is 0. The molecule has 0 saturated carbocycles. The Morgan fingerprint density at radius 3 is 2.67 bits per heavy atom. The first-order valence-corrected chi connectivity index (χ1v) is 6.90. The molecule has 1 aliphatic heterocycles. The minimum Gasteiger partial charge on any atom is -0.480 e. The van der Waals surface area contributed by atoms with Gasteiger partial charge in [-0.2, -0.15) is 0 Å². The molecule has 2 rings (SSSR count). The van der Waals surface area contributed by atoms with Crippen LogP contribution in [0.25, 0.3) is 0 Å². The molecule has 0 radical (unpaired) electrons. The zero-order chi connectivity index (χ0) is 13.1. The van der Waals surface area contributed by atoms with Gasteiger partial charge in [0.1, 0.15) is 17.3 Å². The van der Waals surface area contributed by atoms with E-state index >= 15 is 0 Å². The molecule has 96 valence electrons. The molecular formula is C12H12ClNO3S. The van der Waals surface area contributed by atoms with E-state index in [1.54, 1.807) is 0 Å². The summed E-state index contributed by atoms with van der Waals surface area (Å²) in [4.78, 5) is 23.4. The van der Waals surface area contributed by atoms with Gasteiger partial charge in [-0.3, -0.25) is 9.59 Å². The van der Waals surface area contributed by atoms with Crippen LogP contribution in [0.3, 0.4) is 0 Å². The molecule has 2 atom stereocenters. The topological polar surface area (TPSA) is 57.6 Å². The summed E-state index contributed by atoms with van der Waals surface area (Å²) in [5.41, 5.74) is 1.13. The number of amides is 1. The first kappa shape index (κ1) is 13.2. The second-order valence-corrected chi connectivity index (χ2v) is 5.52. The molecule has 1 aliphatic rings. The van der Waals surface area contributed by atoms with Gasteiger partial charge in [-0.1, -0.05) is 30.3 Å². The van der Waals surface area contributed by atoms with E-state index in [2.05, 4.69) is 0 Å². The van der Waals surface area contributed by atoms with Crippen LogP contribution in [0.4, 0.5) is 0 Å².